The van der Waals surface area contributed by atoms with Gasteiger partial charge in [0.1, 0.15) is 5.75 Å². The monoisotopic (exact) mass is 310 g/mol. The predicted octanol–water partition coefficient (Wildman–Crippen LogP) is 3.35. The smallest absolute Gasteiger partial charge is 0.314 e. The molecule has 0 bridgehead atoms. The predicted molar refractivity (Wildman–Crippen MR) is 70.9 cm³/mol. The summed E-state index contributed by atoms with van der Waals surface area (Å²) < 4.78 is 6.57. The summed E-state index contributed by atoms with van der Waals surface area (Å²) in [4.78, 5) is 11.4. The molecule has 1 aromatic carbocycles. The Morgan fingerprint density at radius 2 is 2.17 bits per heavy atom. The van der Waals surface area contributed by atoms with Gasteiger partial charge in [-0.15, -0.1) is 0 Å². The molecule has 1 aromatic rings. The number of carboxylic acids is 1. The second-order valence-corrected chi connectivity index (χ2v) is 6.05. The number of halogens is 1. The Bertz CT molecular complexity index is 490. The van der Waals surface area contributed by atoms with Crippen LogP contribution in [0.15, 0.2) is 22.7 Å². The fourth-order valence-corrected chi connectivity index (χ4v) is 2.97. The Morgan fingerprint density at radius 3 is 2.72 bits per heavy atom. The highest BCUT2D eigenvalue weighted by atomic mass is 79.9. The molecular formula is C14H15BrO3. The van der Waals surface area contributed by atoms with Crippen LogP contribution in [-0.2, 0) is 10.2 Å². The van der Waals surface area contributed by atoms with Crippen molar-refractivity contribution in [1.29, 1.82) is 0 Å². The second kappa shape index (κ2) is 4.26. The fraction of sp³-hybridized carbons (Fsp3) is 0.500. The summed E-state index contributed by atoms with van der Waals surface area (Å²) in [5.41, 5.74) is 0.168. The van der Waals surface area contributed by atoms with Gasteiger partial charge < -0.3 is 9.84 Å². The minimum atomic E-state index is -0.734. The third-order valence-corrected chi connectivity index (χ3v) is 4.63. The van der Waals surface area contributed by atoms with Crippen molar-refractivity contribution in [2.75, 3.05) is 6.61 Å². The highest BCUT2D eigenvalue weighted by Gasteiger charge is 2.53. The summed E-state index contributed by atoms with van der Waals surface area (Å²) in [5, 5.41) is 9.34. The van der Waals surface area contributed by atoms with E-state index < -0.39 is 11.4 Å². The molecule has 2 fully saturated rings. The second-order valence-electron chi connectivity index (χ2n) is 5.26. The van der Waals surface area contributed by atoms with Crippen LogP contribution in [0.1, 0.15) is 31.2 Å². The molecule has 0 radical (unpaired) electrons. The zero-order valence-corrected chi connectivity index (χ0v) is 11.6. The number of ether oxygens (including phenoxy) is 1. The van der Waals surface area contributed by atoms with Crippen molar-refractivity contribution in [3.8, 4) is 5.75 Å². The van der Waals surface area contributed by atoms with E-state index in [9.17, 15) is 9.90 Å². The van der Waals surface area contributed by atoms with Crippen molar-refractivity contribution in [3.63, 3.8) is 0 Å². The molecule has 0 atom stereocenters. The van der Waals surface area contributed by atoms with E-state index >= 15 is 0 Å². The van der Waals surface area contributed by atoms with E-state index in [1.807, 2.05) is 18.2 Å². The van der Waals surface area contributed by atoms with Crippen LogP contribution >= 0.6 is 15.9 Å². The maximum Gasteiger partial charge on any atom is 0.314 e. The van der Waals surface area contributed by atoms with E-state index in [1.54, 1.807) is 0 Å². The van der Waals surface area contributed by atoms with Crippen LogP contribution < -0.4 is 4.74 Å². The van der Waals surface area contributed by atoms with Gasteiger partial charge in [0.15, 0.2) is 0 Å². The van der Waals surface area contributed by atoms with Crippen LogP contribution in [0.4, 0.5) is 0 Å². The number of carboxylic acid groups (broad SMARTS) is 1. The summed E-state index contributed by atoms with van der Waals surface area (Å²) in [6.45, 7) is 0.738. The summed E-state index contributed by atoms with van der Waals surface area (Å²) in [7, 11) is 0. The van der Waals surface area contributed by atoms with Gasteiger partial charge >= 0.3 is 5.97 Å². The van der Waals surface area contributed by atoms with Crippen molar-refractivity contribution in [2.24, 2.45) is 5.92 Å². The first-order valence-corrected chi connectivity index (χ1v) is 7.08. The normalized spacial score (nSPS) is 20.5. The summed E-state index contributed by atoms with van der Waals surface area (Å²) in [6, 6.07) is 5.66. The number of carbonyl (C=O) groups is 1. The van der Waals surface area contributed by atoms with Crippen molar-refractivity contribution in [2.45, 2.75) is 31.1 Å². The van der Waals surface area contributed by atoms with Crippen LogP contribution in [0.3, 0.4) is 0 Å². The van der Waals surface area contributed by atoms with Crippen LogP contribution in [0.2, 0.25) is 0 Å². The minimum absolute atomic E-state index is 0.683. The average molecular weight is 311 g/mol. The number of benzene rings is 1. The number of hydrogen-bond acceptors (Lipinski definition) is 2. The quantitative estimate of drug-likeness (QED) is 0.907. The molecule has 2 aliphatic carbocycles. The molecule has 0 aromatic heterocycles. The van der Waals surface area contributed by atoms with E-state index in [0.29, 0.717) is 18.8 Å². The van der Waals surface area contributed by atoms with Crippen molar-refractivity contribution in [3.05, 3.63) is 28.2 Å². The molecule has 3 rings (SSSR count). The van der Waals surface area contributed by atoms with E-state index in [-0.39, 0.29) is 0 Å². The topological polar surface area (TPSA) is 46.5 Å². The van der Waals surface area contributed by atoms with Gasteiger partial charge in [0.2, 0.25) is 0 Å². The molecule has 1 N–H and O–H groups in total. The third-order valence-electron chi connectivity index (χ3n) is 3.81. The van der Waals surface area contributed by atoms with E-state index in [1.165, 1.54) is 12.8 Å². The first-order valence-electron chi connectivity index (χ1n) is 6.29. The van der Waals surface area contributed by atoms with Gasteiger partial charge in [-0.1, -0.05) is 12.1 Å². The molecular weight excluding hydrogens is 296 g/mol. The Hall–Kier alpha value is -1.03. The Balaban J connectivity index is 1.86. The lowest BCUT2D eigenvalue weighted by atomic mass is 9.96. The van der Waals surface area contributed by atoms with Crippen LogP contribution in [-0.4, -0.2) is 17.7 Å². The van der Waals surface area contributed by atoms with E-state index in [0.717, 1.165) is 22.4 Å². The molecule has 0 heterocycles. The van der Waals surface area contributed by atoms with Crippen LogP contribution in [0.5, 0.6) is 5.75 Å². The Labute approximate surface area is 114 Å². The van der Waals surface area contributed by atoms with Gasteiger partial charge in [-0.3, -0.25) is 4.79 Å². The third kappa shape index (κ3) is 2.03. The molecule has 0 aliphatic heterocycles. The highest BCUT2D eigenvalue weighted by Crippen LogP contribution is 2.52. The van der Waals surface area contributed by atoms with Gasteiger partial charge in [-0.2, -0.15) is 0 Å². The van der Waals surface area contributed by atoms with Gasteiger partial charge in [0.25, 0.3) is 0 Å². The lowest BCUT2D eigenvalue weighted by Crippen LogP contribution is -2.20. The van der Waals surface area contributed by atoms with Crippen molar-refractivity contribution >= 4 is 21.9 Å². The molecule has 3 nitrogen and oxygen atoms in total. The number of aliphatic carboxylic acids is 1. The highest BCUT2D eigenvalue weighted by molar-refractivity contribution is 9.10. The molecule has 0 amide bonds. The maximum atomic E-state index is 11.4. The van der Waals surface area contributed by atoms with E-state index in [2.05, 4.69) is 15.9 Å². The first-order chi connectivity index (χ1) is 8.63. The molecule has 96 valence electrons. The van der Waals surface area contributed by atoms with Crippen LogP contribution in [0, 0.1) is 5.92 Å². The van der Waals surface area contributed by atoms with E-state index in [4.69, 9.17) is 4.74 Å². The molecule has 2 saturated carbocycles. The fourth-order valence-electron chi connectivity index (χ4n) is 2.21. The molecule has 4 heteroatoms. The summed E-state index contributed by atoms with van der Waals surface area (Å²) in [5.74, 6) is 0.726. The zero-order chi connectivity index (χ0) is 12.8. The minimum Gasteiger partial charge on any atom is -0.492 e. The maximum absolute atomic E-state index is 11.4. The SMILES string of the molecule is O=C(O)C1(c2cccc(OCC3CC3)c2Br)CC1. The molecule has 18 heavy (non-hydrogen) atoms. The van der Waals surface area contributed by atoms with Gasteiger partial charge in [0.05, 0.1) is 16.5 Å². The molecule has 2 aliphatic rings. The Kier molecular flexibility index (Phi) is 2.85. The number of rotatable bonds is 5. The zero-order valence-electron chi connectivity index (χ0n) is 9.99. The molecule has 0 unspecified atom stereocenters. The average Bonchev–Trinajstić information content (AvgIpc) is 3.22. The van der Waals surface area contributed by atoms with Crippen molar-refractivity contribution < 1.29 is 14.6 Å². The Morgan fingerprint density at radius 1 is 1.44 bits per heavy atom. The largest absolute Gasteiger partial charge is 0.492 e. The lowest BCUT2D eigenvalue weighted by Gasteiger charge is -2.15. The standard InChI is InChI=1S/C14H15BrO3/c15-12-10(14(6-7-14)13(16)17)2-1-3-11(12)18-8-9-4-5-9/h1-3,9H,4-8H2,(H,16,17). The van der Waals surface area contributed by atoms with Crippen molar-refractivity contribution in [1.82, 2.24) is 0 Å². The van der Waals surface area contributed by atoms with Gasteiger partial charge in [-0.25, -0.2) is 0 Å². The summed E-state index contributed by atoms with van der Waals surface area (Å²) in [6.07, 6.45) is 3.92. The molecule has 0 saturated heterocycles. The van der Waals surface area contributed by atoms with Gasteiger partial charge in [-0.05, 0) is 59.2 Å². The summed E-state index contributed by atoms with van der Waals surface area (Å²) >= 11 is 3.51. The lowest BCUT2D eigenvalue weighted by molar-refractivity contribution is -0.140. The van der Waals surface area contributed by atoms with Gasteiger partial charge in [0, 0.05) is 0 Å². The number of hydrogen-bond donors (Lipinski definition) is 1. The first kappa shape index (κ1) is 12.0. The molecule has 0 spiro atoms. The van der Waals surface area contributed by atoms with Crippen LogP contribution in [0.25, 0.3) is 0 Å².